The van der Waals surface area contributed by atoms with Gasteiger partial charge in [0.05, 0.1) is 0 Å². The maximum Gasteiger partial charge on any atom is 4.00 e. The van der Waals surface area contributed by atoms with Gasteiger partial charge in [0.25, 0.3) is 0 Å². The fourth-order valence-electron chi connectivity index (χ4n) is 0. The third kappa shape index (κ3) is 468. The van der Waals surface area contributed by atoms with Gasteiger partial charge in [0.2, 0.25) is 0 Å². The Morgan fingerprint density at radius 1 is 0.238 bits per heavy atom. The zero-order valence-electron chi connectivity index (χ0n) is 11.6. The molecule has 0 aliphatic carbocycles. The van der Waals surface area contributed by atoms with Crippen molar-refractivity contribution in [3.05, 3.63) is 0 Å². The van der Waals surface area contributed by atoms with Gasteiger partial charge in [-0.3, -0.25) is 0 Å². The molecule has 21 heavy (non-hydrogen) atoms. The predicted octanol–water partition coefficient (Wildman–Crippen LogP) is -13.7. The van der Waals surface area contributed by atoms with Crippen molar-refractivity contribution >= 4 is 0 Å². The SMILES string of the molecule is [Li+].[Li+].[Li+].[Li+].[O-2].[O-2].[O-2].[O-2].[O-2].[O-2].[O-2].[O-2].[OH-].[OH-].[OH-].[OH-].[Ti+4].[Ti].[Ti].[Ti].[Ti]. The van der Waals surface area contributed by atoms with E-state index in [1.165, 1.54) is 0 Å². The van der Waals surface area contributed by atoms with E-state index in [1.807, 2.05) is 0 Å². The van der Waals surface area contributed by atoms with Gasteiger partial charge in [-0.05, 0) is 0 Å². The summed E-state index contributed by atoms with van der Waals surface area (Å²) in [5, 5.41) is 0. The molecule has 112 valence electrons. The Kier molecular flexibility index (Phi) is 13900. The Hall–Kier alpha value is 5.48. The number of hydrogen-bond donors (Lipinski definition) is 0. The molecule has 21 heteroatoms. The molecule has 0 aliphatic heterocycles. The van der Waals surface area contributed by atoms with Crippen molar-refractivity contribution in [2.75, 3.05) is 0 Å². The van der Waals surface area contributed by atoms with E-state index in [9.17, 15) is 0 Å². The van der Waals surface area contributed by atoms with Crippen LogP contribution in [0.4, 0.5) is 0 Å². The van der Waals surface area contributed by atoms with Crippen LogP contribution >= 0.6 is 0 Å². The van der Waals surface area contributed by atoms with Gasteiger partial charge in [0.15, 0.2) is 0 Å². The van der Waals surface area contributed by atoms with Crippen LogP contribution < -0.4 is 75.4 Å². The zero-order valence-corrected chi connectivity index (χ0v) is 19.4. The van der Waals surface area contributed by atoms with Gasteiger partial charge >= 0.3 is 97.2 Å². The topological polar surface area (TPSA) is 348 Å². The average molecular weight is 463 g/mol. The first-order valence-corrected chi connectivity index (χ1v) is 0. The summed E-state index contributed by atoms with van der Waals surface area (Å²) in [6.45, 7) is 0. The minimum Gasteiger partial charge on any atom is -2.00 e. The molecule has 0 spiro atoms. The van der Waals surface area contributed by atoms with E-state index in [4.69, 9.17) is 0 Å². The van der Waals surface area contributed by atoms with E-state index >= 15 is 0 Å². The molecule has 0 fully saturated rings. The molecule has 0 atom stereocenters. The summed E-state index contributed by atoms with van der Waals surface area (Å²) >= 11 is 0. The van der Waals surface area contributed by atoms with Crippen LogP contribution in [-0.4, -0.2) is 21.9 Å². The first kappa shape index (κ1) is 572. The molecule has 0 bridgehead atoms. The Morgan fingerprint density at radius 3 is 0.238 bits per heavy atom. The van der Waals surface area contributed by atoms with Gasteiger partial charge in [0, 0.05) is 86.9 Å². The van der Waals surface area contributed by atoms with Crippen LogP contribution in [0.25, 0.3) is 0 Å². The predicted molar refractivity (Wildman–Crippen MR) is 13.2 cm³/mol. The molecule has 0 aromatic rings. The quantitative estimate of drug-likeness (QED) is 0.316. The van der Waals surface area contributed by atoms with Crippen molar-refractivity contribution in [3.63, 3.8) is 0 Å². The summed E-state index contributed by atoms with van der Waals surface area (Å²) in [5.41, 5.74) is 0. The third-order valence-corrected chi connectivity index (χ3v) is 0. The molecule has 4 N–H and O–H groups in total. The van der Waals surface area contributed by atoms with E-state index < -0.39 is 0 Å². The van der Waals surface area contributed by atoms with Crippen molar-refractivity contribution in [3.8, 4) is 0 Å². The van der Waals surface area contributed by atoms with E-state index in [0.717, 1.165) is 0 Å². The van der Waals surface area contributed by atoms with Crippen molar-refractivity contribution in [1.29, 1.82) is 0 Å². The standard InChI is InChI=1S/4Li.4H2O.8O.5Ti/h;;;;4*1H2;;;;;;;;;;;;;/q4*+1;;;;;8*-2;;;;;+4/p-4. The van der Waals surface area contributed by atoms with E-state index in [1.54, 1.807) is 0 Å². The van der Waals surface area contributed by atoms with Gasteiger partial charge < -0.3 is 65.7 Å². The van der Waals surface area contributed by atoms with Crippen molar-refractivity contribution < 1.29 is 250 Å². The second-order valence-electron chi connectivity index (χ2n) is 0. The molecular weight excluding hydrogens is 459 g/mol. The maximum atomic E-state index is 0. The molecule has 0 radical (unpaired) electrons. The smallest absolute Gasteiger partial charge is 2.00 e. The summed E-state index contributed by atoms with van der Waals surface area (Å²) in [6.07, 6.45) is 0. The first-order valence-electron chi connectivity index (χ1n) is 0. The van der Waals surface area contributed by atoms with Gasteiger partial charge in [-0.2, -0.15) is 0 Å². The molecule has 0 aromatic carbocycles. The molecule has 0 saturated carbocycles. The maximum absolute atomic E-state index is 0. The molecule has 12 nitrogen and oxygen atoms in total. The van der Waals surface area contributed by atoms with Crippen LogP contribution in [0.1, 0.15) is 0 Å². The van der Waals surface area contributed by atoms with Gasteiger partial charge in [0.1, 0.15) is 0 Å². The number of rotatable bonds is 0. The minimum absolute atomic E-state index is 0. The molecule has 0 saturated heterocycles. The Bertz CT molecular complexity index is 29.6. The normalized spacial score (nSPS) is 0. The van der Waals surface area contributed by atoms with Crippen LogP contribution in [0.2, 0.25) is 0 Å². The average Bonchev–Trinajstić information content (AvgIpc) is 0. The van der Waals surface area contributed by atoms with Gasteiger partial charge in [-0.1, -0.05) is 0 Å². The monoisotopic (exact) mass is 464 g/mol. The van der Waals surface area contributed by atoms with Crippen molar-refractivity contribution in [1.82, 2.24) is 0 Å². The fraction of sp³-hybridized carbons (Fsp3) is 0. The van der Waals surface area contributed by atoms with Crippen LogP contribution in [0.15, 0.2) is 0 Å². The summed E-state index contributed by atoms with van der Waals surface area (Å²) in [4.78, 5) is 0. The van der Waals surface area contributed by atoms with E-state index in [2.05, 4.69) is 0 Å². The molecule has 0 aliphatic rings. The fourth-order valence-corrected chi connectivity index (χ4v) is 0. The largest absolute Gasteiger partial charge is 4.00 e. The van der Waals surface area contributed by atoms with Crippen LogP contribution in [-0.2, 0) is 152 Å². The van der Waals surface area contributed by atoms with E-state index in [0.29, 0.717) is 0 Å². The van der Waals surface area contributed by atoms with E-state index in [-0.39, 0.29) is 250 Å². The Balaban J connectivity index is 0. The molecule has 0 aromatic heterocycles. The molecule has 0 unspecified atom stereocenters. The van der Waals surface area contributed by atoms with Crippen molar-refractivity contribution in [2.24, 2.45) is 0 Å². The van der Waals surface area contributed by atoms with Crippen LogP contribution in [0.3, 0.4) is 0 Å². The summed E-state index contributed by atoms with van der Waals surface area (Å²) in [7, 11) is 0. The summed E-state index contributed by atoms with van der Waals surface area (Å²) in [5.74, 6) is 0. The zero-order chi connectivity index (χ0) is 0. The summed E-state index contributed by atoms with van der Waals surface area (Å²) < 4.78 is 0. The van der Waals surface area contributed by atoms with Gasteiger partial charge in [-0.15, -0.1) is 0 Å². The summed E-state index contributed by atoms with van der Waals surface area (Å²) in [6, 6.07) is 0. The first-order chi connectivity index (χ1) is 0. The third-order valence-electron chi connectivity index (χ3n) is 0. The molecular formula is H4Li4O12Ti5-12. The molecule has 0 amide bonds. The second kappa shape index (κ2) is 508. The van der Waals surface area contributed by atoms with Gasteiger partial charge in [-0.25, -0.2) is 0 Å². The van der Waals surface area contributed by atoms with Crippen molar-refractivity contribution in [2.45, 2.75) is 0 Å². The van der Waals surface area contributed by atoms with Crippen LogP contribution in [0, 0.1) is 0 Å². The number of hydrogen-bond acceptors (Lipinski definition) is 4. The van der Waals surface area contributed by atoms with Crippen LogP contribution in [0.5, 0.6) is 0 Å². The minimum atomic E-state index is 0. The Labute approximate surface area is 245 Å². The molecule has 0 rings (SSSR count). The second-order valence-corrected chi connectivity index (χ2v) is 0. The molecule has 0 heterocycles. The Morgan fingerprint density at radius 2 is 0.238 bits per heavy atom.